The lowest BCUT2D eigenvalue weighted by atomic mass is 9.58. The van der Waals surface area contributed by atoms with Crippen molar-refractivity contribution in [1.29, 1.82) is 0 Å². The summed E-state index contributed by atoms with van der Waals surface area (Å²) in [7, 11) is 0. The maximum absolute atomic E-state index is 12.1. The van der Waals surface area contributed by atoms with Gasteiger partial charge in [-0.15, -0.1) is 0 Å². The average molecular weight is 278 g/mol. The average Bonchev–Trinajstić information content (AvgIpc) is 2.80. The Hall–Kier alpha value is -0.830. The molecule has 2 fully saturated rings. The molecule has 2 aliphatic carbocycles. The van der Waals surface area contributed by atoms with Crippen molar-refractivity contribution in [3.05, 3.63) is 11.6 Å². The molecule has 20 heavy (non-hydrogen) atoms. The maximum atomic E-state index is 12.1. The van der Waals surface area contributed by atoms with E-state index in [-0.39, 0.29) is 24.6 Å². The number of hydrogen-bond acceptors (Lipinski definition) is 3. The third-order valence-electron chi connectivity index (χ3n) is 5.94. The van der Waals surface area contributed by atoms with Crippen molar-refractivity contribution < 1.29 is 14.6 Å². The first-order valence-corrected chi connectivity index (χ1v) is 8.20. The van der Waals surface area contributed by atoms with Gasteiger partial charge in [0.25, 0.3) is 0 Å². The van der Waals surface area contributed by atoms with Crippen molar-refractivity contribution in [3.8, 4) is 0 Å². The minimum absolute atomic E-state index is 0.0162. The summed E-state index contributed by atoms with van der Waals surface area (Å²) >= 11 is 0. The van der Waals surface area contributed by atoms with Crippen LogP contribution in [0.25, 0.3) is 0 Å². The standard InChI is InChI=1S/C17H26O3/c1-3-11-8-15-16(12(4-2)17(19)20-15)14-7-10(9-18)5-6-13(11)14/h7,11-16,18H,3-6,8-9H2,1-2H3/t11?,12?,13-,14-,15-,16+/m1/s1. The lowest BCUT2D eigenvalue weighted by molar-refractivity contribution is -0.145. The summed E-state index contributed by atoms with van der Waals surface area (Å²) in [6.45, 7) is 4.51. The zero-order valence-electron chi connectivity index (χ0n) is 12.5. The number of fused-ring (bicyclic) bond motifs is 3. The first kappa shape index (κ1) is 14.1. The van der Waals surface area contributed by atoms with Gasteiger partial charge >= 0.3 is 5.97 Å². The molecule has 0 aromatic heterocycles. The molecule has 3 heteroatoms. The van der Waals surface area contributed by atoms with Crippen LogP contribution in [0.3, 0.4) is 0 Å². The number of carbonyl (C=O) groups is 1. The van der Waals surface area contributed by atoms with Crippen molar-refractivity contribution in [2.75, 3.05) is 6.61 Å². The number of esters is 1. The molecule has 1 saturated heterocycles. The molecule has 0 aromatic rings. The number of ether oxygens (including phenoxy) is 1. The van der Waals surface area contributed by atoms with E-state index in [1.807, 2.05) is 0 Å². The molecule has 6 atom stereocenters. The van der Waals surface area contributed by atoms with Crippen LogP contribution in [0.1, 0.15) is 46.0 Å². The Morgan fingerprint density at radius 3 is 2.80 bits per heavy atom. The number of rotatable bonds is 3. The van der Waals surface area contributed by atoms with E-state index in [0.717, 1.165) is 24.8 Å². The quantitative estimate of drug-likeness (QED) is 0.638. The molecule has 0 aromatic carbocycles. The van der Waals surface area contributed by atoms with Crippen LogP contribution in [0.2, 0.25) is 0 Å². The van der Waals surface area contributed by atoms with Gasteiger partial charge in [0.2, 0.25) is 0 Å². The highest BCUT2D eigenvalue weighted by Gasteiger charge is 2.54. The van der Waals surface area contributed by atoms with Gasteiger partial charge in [-0.2, -0.15) is 0 Å². The van der Waals surface area contributed by atoms with Crippen LogP contribution in [0.15, 0.2) is 11.6 Å². The number of allylic oxidation sites excluding steroid dienone is 1. The highest BCUT2D eigenvalue weighted by molar-refractivity contribution is 5.75. The minimum atomic E-state index is 0.0162. The lowest BCUT2D eigenvalue weighted by Crippen LogP contribution is -2.43. The summed E-state index contributed by atoms with van der Waals surface area (Å²) in [6.07, 6.45) is 7.70. The Bertz CT molecular complexity index is 414. The largest absolute Gasteiger partial charge is 0.462 e. The third-order valence-corrected chi connectivity index (χ3v) is 5.94. The van der Waals surface area contributed by atoms with E-state index in [1.54, 1.807) is 0 Å². The number of aliphatic hydroxyl groups excluding tert-OH is 1. The van der Waals surface area contributed by atoms with Crippen LogP contribution >= 0.6 is 0 Å². The molecule has 1 heterocycles. The summed E-state index contributed by atoms with van der Waals surface area (Å²) < 4.78 is 5.69. The van der Waals surface area contributed by atoms with Gasteiger partial charge < -0.3 is 9.84 Å². The van der Waals surface area contributed by atoms with E-state index in [4.69, 9.17) is 4.74 Å². The number of hydrogen-bond donors (Lipinski definition) is 1. The fourth-order valence-corrected chi connectivity index (χ4v) is 4.94. The predicted molar refractivity (Wildman–Crippen MR) is 76.9 cm³/mol. The first-order chi connectivity index (χ1) is 9.69. The second-order valence-corrected chi connectivity index (χ2v) is 6.73. The van der Waals surface area contributed by atoms with Crippen molar-refractivity contribution in [2.24, 2.45) is 29.6 Å². The van der Waals surface area contributed by atoms with Crippen LogP contribution in [-0.2, 0) is 9.53 Å². The molecule has 0 amide bonds. The van der Waals surface area contributed by atoms with Gasteiger partial charge in [-0.25, -0.2) is 0 Å². The molecule has 3 nitrogen and oxygen atoms in total. The molecule has 3 aliphatic rings. The zero-order valence-corrected chi connectivity index (χ0v) is 12.5. The van der Waals surface area contributed by atoms with Gasteiger partial charge in [-0.3, -0.25) is 4.79 Å². The van der Waals surface area contributed by atoms with Crippen LogP contribution < -0.4 is 0 Å². The fraction of sp³-hybridized carbons (Fsp3) is 0.824. The van der Waals surface area contributed by atoms with Gasteiger partial charge in [0.1, 0.15) is 6.10 Å². The van der Waals surface area contributed by atoms with Crippen LogP contribution in [-0.4, -0.2) is 23.8 Å². The molecule has 0 radical (unpaired) electrons. The fourth-order valence-electron chi connectivity index (χ4n) is 4.94. The van der Waals surface area contributed by atoms with E-state index in [0.29, 0.717) is 23.7 Å². The number of carbonyl (C=O) groups excluding carboxylic acids is 1. The van der Waals surface area contributed by atoms with Crippen LogP contribution in [0, 0.1) is 29.6 Å². The summed E-state index contributed by atoms with van der Waals surface area (Å²) in [5, 5.41) is 9.45. The second kappa shape index (κ2) is 5.51. The van der Waals surface area contributed by atoms with Gasteiger partial charge in [-0.1, -0.05) is 26.3 Å². The van der Waals surface area contributed by atoms with Crippen molar-refractivity contribution in [1.82, 2.24) is 0 Å². The lowest BCUT2D eigenvalue weighted by Gasteiger charge is -2.46. The molecule has 2 unspecified atom stereocenters. The van der Waals surface area contributed by atoms with Crippen molar-refractivity contribution >= 4 is 5.97 Å². The summed E-state index contributed by atoms with van der Waals surface area (Å²) in [6, 6.07) is 0. The molecule has 1 N–H and O–H groups in total. The highest BCUT2D eigenvalue weighted by Crippen LogP contribution is 2.53. The SMILES string of the molecule is CCC1C(=O)O[C@@H]2CC(CC)[C@H]3CCC(CO)=C[C@H]3[C@H]12. The van der Waals surface area contributed by atoms with E-state index in [1.165, 1.54) is 12.8 Å². The summed E-state index contributed by atoms with van der Waals surface area (Å²) in [5.41, 5.74) is 1.16. The van der Waals surface area contributed by atoms with E-state index < -0.39 is 0 Å². The summed E-state index contributed by atoms with van der Waals surface area (Å²) in [5.74, 6) is 2.22. The molecule has 3 rings (SSSR count). The molecular formula is C17H26O3. The van der Waals surface area contributed by atoms with Crippen LogP contribution in [0.4, 0.5) is 0 Å². The Morgan fingerprint density at radius 2 is 2.15 bits per heavy atom. The molecule has 1 saturated carbocycles. The van der Waals surface area contributed by atoms with Gasteiger partial charge in [0.15, 0.2) is 0 Å². The van der Waals surface area contributed by atoms with Gasteiger partial charge in [0, 0.05) is 5.92 Å². The van der Waals surface area contributed by atoms with E-state index >= 15 is 0 Å². The monoisotopic (exact) mass is 278 g/mol. The van der Waals surface area contributed by atoms with E-state index in [9.17, 15) is 9.90 Å². The van der Waals surface area contributed by atoms with Gasteiger partial charge in [0.05, 0.1) is 12.5 Å². The Morgan fingerprint density at radius 1 is 1.35 bits per heavy atom. The van der Waals surface area contributed by atoms with Crippen molar-refractivity contribution in [2.45, 2.75) is 52.1 Å². The molecule has 0 bridgehead atoms. The normalized spacial score (nSPS) is 43.5. The van der Waals surface area contributed by atoms with Gasteiger partial charge in [-0.05, 0) is 49.0 Å². The van der Waals surface area contributed by atoms with Crippen molar-refractivity contribution in [3.63, 3.8) is 0 Å². The molecule has 1 aliphatic heterocycles. The topological polar surface area (TPSA) is 46.5 Å². The third kappa shape index (κ3) is 2.11. The predicted octanol–water partition coefficient (Wildman–Crippen LogP) is 2.93. The first-order valence-electron chi connectivity index (χ1n) is 8.20. The maximum Gasteiger partial charge on any atom is 0.309 e. The highest BCUT2D eigenvalue weighted by atomic mass is 16.6. The molecule has 0 spiro atoms. The van der Waals surface area contributed by atoms with E-state index in [2.05, 4.69) is 19.9 Å². The molecule has 112 valence electrons. The Labute approximate surface area is 121 Å². The Balaban J connectivity index is 1.94. The van der Waals surface area contributed by atoms with Crippen LogP contribution in [0.5, 0.6) is 0 Å². The minimum Gasteiger partial charge on any atom is -0.462 e. The second-order valence-electron chi connectivity index (χ2n) is 6.73. The zero-order chi connectivity index (χ0) is 14.3. The number of aliphatic hydroxyl groups is 1. The summed E-state index contributed by atoms with van der Waals surface area (Å²) in [4.78, 5) is 12.1. The molecular weight excluding hydrogens is 252 g/mol. The Kier molecular flexibility index (Phi) is 3.89. The smallest absolute Gasteiger partial charge is 0.309 e.